The van der Waals surface area contributed by atoms with Crippen LogP contribution in [0, 0.1) is 0 Å². The molecule has 1 saturated heterocycles. The molecule has 94 valence electrons. The lowest BCUT2D eigenvalue weighted by molar-refractivity contribution is -0.162. The van der Waals surface area contributed by atoms with Crippen LogP contribution in [-0.2, 0) is 10.7 Å². The van der Waals surface area contributed by atoms with E-state index in [-0.39, 0.29) is 0 Å². The molecule has 0 atom stereocenters. The topological polar surface area (TPSA) is 33.2 Å². The summed E-state index contributed by atoms with van der Waals surface area (Å²) in [6.45, 7) is 4.03. The standard InChI is InChI=1S/C11H14F2N2OS/c1-10(2)4-3-6-15(10)9(16)11(12,13)8-14-5-7-17-8/h5,7H,3-4,6H2,1-2H3. The van der Waals surface area contributed by atoms with E-state index in [0.29, 0.717) is 6.54 Å². The second-order valence-electron chi connectivity index (χ2n) is 4.78. The molecule has 0 spiro atoms. The van der Waals surface area contributed by atoms with E-state index in [1.165, 1.54) is 16.5 Å². The molecular formula is C11H14F2N2OS. The summed E-state index contributed by atoms with van der Waals surface area (Å²) in [4.78, 5) is 16.7. The Labute approximate surface area is 102 Å². The van der Waals surface area contributed by atoms with Gasteiger partial charge >= 0.3 is 11.8 Å². The lowest BCUT2D eigenvalue weighted by Gasteiger charge is -2.33. The average molecular weight is 260 g/mol. The van der Waals surface area contributed by atoms with Crippen LogP contribution in [0.5, 0.6) is 0 Å². The summed E-state index contributed by atoms with van der Waals surface area (Å²) in [5.74, 6) is -4.63. The number of thiazole rings is 1. The van der Waals surface area contributed by atoms with Crippen molar-refractivity contribution in [2.24, 2.45) is 0 Å². The van der Waals surface area contributed by atoms with Gasteiger partial charge in [-0.25, -0.2) is 4.98 Å². The number of alkyl halides is 2. The van der Waals surface area contributed by atoms with Crippen LogP contribution in [0.25, 0.3) is 0 Å². The number of likely N-dealkylation sites (tertiary alicyclic amines) is 1. The number of amides is 1. The van der Waals surface area contributed by atoms with Gasteiger partial charge in [-0.3, -0.25) is 4.79 Å². The molecule has 1 aromatic heterocycles. The molecule has 1 aliphatic heterocycles. The van der Waals surface area contributed by atoms with E-state index in [4.69, 9.17) is 0 Å². The molecule has 0 aliphatic carbocycles. The van der Waals surface area contributed by atoms with Crippen molar-refractivity contribution in [3.63, 3.8) is 0 Å². The van der Waals surface area contributed by atoms with Crippen molar-refractivity contribution in [3.05, 3.63) is 16.6 Å². The van der Waals surface area contributed by atoms with Crippen LogP contribution in [0.15, 0.2) is 11.6 Å². The van der Waals surface area contributed by atoms with Crippen LogP contribution in [0.1, 0.15) is 31.7 Å². The summed E-state index contributed by atoms with van der Waals surface area (Å²) in [6.07, 6.45) is 2.82. The highest BCUT2D eigenvalue weighted by Gasteiger charge is 2.50. The van der Waals surface area contributed by atoms with Crippen molar-refractivity contribution < 1.29 is 13.6 Å². The quantitative estimate of drug-likeness (QED) is 0.819. The van der Waals surface area contributed by atoms with Crippen LogP contribution in [0.2, 0.25) is 0 Å². The first-order chi connectivity index (χ1) is 7.86. The SMILES string of the molecule is CC1(C)CCCN1C(=O)C(F)(F)c1nccs1. The van der Waals surface area contributed by atoms with Gasteiger partial charge in [-0.2, -0.15) is 8.78 Å². The Morgan fingerprint density at radius 3 is 2.76 bits per heavy atom. The van der Waals surface area contributed by atoms with E-state index in [0.717, 1.165) is 24.2 Å². The number of nitrogens with zero attached hydrogens (tertiary/aromatic N) is 2. The first-order valence-electron chi connectivity index (χ1n) is 5.45. The predicted octanol–water partition coefficient (Wildman–Crippen LogP) is 2.64. The molecule has 2 rings (SSSR count). The lowest BCUT2D eigenvalue weighted by Crippen LogP contribution is -2.49. The molecule has 1 aromatic rings. The van der Waals surface area contributed by atoms with Crippen LogP contribution in [0.3, 0.4) is 0 Å². The second-order valence-corrected chi connectivity index (χ2v) is 5.68. The van der Waals surface area contributed by atoms with E-state index < -0.39 is 22.4 Å². The molecule has 1 amide bonds. The molecule has 0 unspecified atom stereocenters. The third kappa shape index (κ3) is 2.06. The van der Waals surface area contributed by atoms with E-state index >= 15 is 0 Å². The number of aromatic nitrogens is 1. The fourth-order valence-electron chi connectivity index (χ4n) is 2.12. The zero-order valence-electron chi connectivity index (χ0n) is 9.74. The number of hydrogen-bond acceptors (Lipinski definition) is 3. The maximum atomic E-state index is 13.9. The van der Waals surface area contributed by atoms with Crippen LogP contribution in [0.4, 0.5) is 8.78 Å². The summed E-state index contributed by atoms with van der Waals surface area (Å²) in [5, 5.41) is 1.02. The molecule has 0 aromatic carbocycles. The molecule has 2 heterocycles. The minimum atomic E-state index is -3.50. The van der Waals surface area contributed by atoms with Crippen molar-refractivity contribution in [3.8, 4) is 0 Å². The highest BCUT2D eigenvalue weighted by atomic mass is 32.1. The maximum Gasteiger partial charge on any atom is 0.375 e. The third-order valence-electron chi connectivity index (χ3n) is 3.12. The Morgan fingerprint density at radius 1 is 1.59 bits per heavy atom. The molecule has 0 bridgehead atoms. The monoisotopic (exact) mass is 260 g/mol. The van der Waals surface area contributed by atoms with E-state index in [9.17, 15) is 13.6 Å². The molecule has 1 fully saturated rings. The Bertz CT molecular complexity index is 417. The van der Waals surface area contributed by atoms with Crippen LogP contribution in [-0.4, -0.2) is 27.9 Å². The highest BCUT2D eigenvalue weighted by Crippen LogP contribution is 2.37. The minimum Gasteiger partial charge on any atom is -0.332 e. The molecule has 0 N–H and O–H groups in total. The van der Waals surface area contributed by atoms with Gasteiger partial charge < -0.3 is 4.90 Å². The van der Waals surface area contributed by atoms with Gasteiger partial charge in [-0.15, -0.1) is 11.3 Å². The van der Waals surface area contributed by atoms with Gasteiger partial charge in [0, 0.05) is 23.7 Å². The minimum absolute atomic E-state index is 0.396. The van der Waals surface area contributed by atoms with Crippen LogP contribution < -0.4 is 0 Å². The van der Waals surface area contributed by atoms with Gasteiger partial charge in [0.25, 0.3) is 0 Å². The molecule has 0 radical (unpaired) electrons. The summed E-state index contributed by atoms with van der Waals surface area (Å²) in [5.41, 5.74) is -0.488. The first-order valence-corrected chi connectivity index (χ1v) is 6.33. The van der Waals surface area contributed by atoms with Gasteiger partial charge in [-0.05, 0) is 26.7 Å². The van der Waals surface area contributed by atoms with Crippen molar-refractivity contribution in [2.45, 2.75) is 38.2 Å². The summed E-state index contributed by atoms with van der Waals surface area (Å²) >= 11 is 0.809. The van der Waals surface area contributed by atoms with Gasteiger partial charge in [0.2, 0.25) is 0 Å². The van der Waals surface area contributed by atoms with Gasteiger partial charge in [0.1, 0.15) is 0 Å². The summed E-state index contributed by atoms with van der Waals surface area (Å²) < 4.78 is 27.9. The van der Waals surface area contributed by atoms with Gasteiger partial charge in [-0.1, -0.05) is 0 Å². The van der Waals surface area contributed by atoms with Crippen molar-refractivity contribution in [1.82, 2.24) is 9.88 Å². The smallest absolute Gasteiger partial charge is 0.332 e. The van der Waals surface area contributed by atoms with Crippen LogP contribution >= 0.6 is 11.3 Å². The fraction of sp³-hybridized carbons (Fsp3) is 0.636. The van der Waals surface area contributed by atoms with Crippen molar-refractivity contribution in [2.75, 3.05) is 6.54 Å². The molecule has 1 aliphatic rings. The molecule has 6 heteroatoms. The Kier molecular flexibility index (Phi) is 2.93. The zero-order chi connectivity index (χ0) is 12.7. The highest BCUT2D eigenvalue weighted by molar-refractivity contribution is 7.09. The van der Waals surface area contributed by atoms with Crippen molar-refractivity contribution >= 4 is 17.2 Å². The maximum absolute atomic E-state index is 13.9. The number of halogens is 2. The number of rotatable bonds is 2. The summed E-state index contributed by atoms with van der Waals surface area (Å²) in [7, 11) is 0. The van der Waals surface area contributed by atoms with Gasteiger partial charge in [0.15, 0.2) is 5.01 Å². The Hall–Kier alpha value is -1.04. The Morgan fingerprint density at radius 2 is 2.29 bits per heavy atom. The molecule has 3 nitrogen and oxygen atoms in total. The molecule has 0 saturated carbocycles. The summed E-state index contributed by atoms with van der Waals surface area (Å²) in [6, 6.07) is 0. The van der Waals surface area contributed by atoms with E-state index in [1.54, 1.807) is 0 Å². The third-order valence-corrected chi connectivity index (χ3v) is 3.96. The Balaban J connectivity index is 2.26. The average Bonchev–Trinajstić information content (AvgIpc) is 2.85. The largest absolute Gasteiger partial charge is 0.375 e. The first kappa shape index (κ1) is 12.4. The fourth-order valence-corrected chi connectivity index (χ4v) is 2.73. The van der Waals surface area contributed by atoms with Crippen molar-refractivity contribution in [1.29, 1.82) is 0 Å². The van der Waals surface area contributed by atoms with E-state index in [1.807, 2.05) is 13.8 Å². The number of carbonyl (C=O) groups excluding carboxylic acids is 1. The second kappa shape index (κ2) is 4.01. The predicted molar refractivity (Wildman–Crippen MR) is 61.0 cm³/mol. The van der Waals surface area contributed by atoms with Gasteiger partial charge in [0.05, 0.1) is 0 Å². The lowest BCUT2D eigenvalue weighted by atomic mass is 10.0. The number of carbonyl (C=O) groups is 1. The molecule has 17 heavy (non-hydrogen) atoms. The number of hydrogen-bond donors (Lipinski definition) is 0. The molecular weight excluding hydrogens is 246 g/mol. The zero-order valence-corrected chi connectivity index (χ0v) is 10.6. The van der Waals surface area contributed by atoms with E-state index in [2.05, 4.69) is 4.98 Å². The normalized spacial score (nSPS) is 19.6.